The van der Waals surface area contributed by atoms with Crippen LogP contribution in [0.2, 0.25) is 0 Å². The van der Waals surface area contributed by atoms with Gasteiger partial charge in [-0.3, -0.25) is 4.79 Å². The van der Waals surface area contributed by atoms with E-state index >= 15 is 0 Å². The van der Waals surface area contributed by atoms with Crippen LogP contribution in [-0.2, 0) is 4.79 Å². The maximum atomic E-state index is 11.6. The van der Waals surface area contributed by atoms with E-state index in [4.69, 9.17) is 5.11 Å². The highest BCUT2D eigenvalue weighted by Crippen LogP contribution is 2.33. The molecule has 102 valence electrons. The molecule has 3 N–H and O–H groups in total. The Hall–Kier alpha value is -1.26. The molecule has 5 heteroatoms. The Labute approximate surface area is 107 Å². The Balaban J connectivity index is 1.68. The molecule has 2 aliphatic rings. The number of carboxylic acid groups (broad SMARTS) is 1. The highest BCUT2D eigenvalue weighted by molar-refractivity contribution is 5.75. The summed E-state index contributed by atoms with van der Waals surface area (Å²) in [6.07, 6.45) is 4.77. The zero-order valence-electron chi connectivity index (χ0n) is 10.8. The van der Waals surface area contributed by atoms with E-state index in [0.29, 0.717) is 18.5 Å². The quantitative estimate of drug-likeness (QED) is 0.697. The Morgan fingerprint density at radius 3 is 2.67 bits per heavy atom. The number of carbonyl (C=O) groups is 2. The van der Waals surface area contributed by atoms with Crippen LogP contribution in [0, 0.1) is 17.8 Å². The third-order valence-corrected chi connectivity index (χ3v) is 4.26. The first-order chi connectivity index (χ1) is 8.61. The number of aliphatic carboxylic acids is 1. The van der Waals surface area contributed by atoms with Crippen LogP contribution < -0.4 is 10.6 Å². The molecule has 0 aromatic rings. The molecule has 0 aromatic heterocycles. The largest absolute Gasteiger partial charge is 0.481 e. The van der Waals surface area contributed by atoms with Crippen molar-refractivity contribution >= 4 is 12.0 Å². The van der Waals surface area contributed by atoms with Gasteiger partial charge in [0.05, 0.1) is 5.92 Å². The molecule has 0 heterocycles. The van der Waals surface area contributed by atoms with Crippen LogP contribution in [0.4, 0.5) is 4.79 Å². The molecule has 0 saturated heterocycles. The third-order valence-electron chi connectivity index (χ3n) is 4.26. The Morgan fingerprint density at radius 1 is 1.28 bits per heavy atom. The lowest BCUT2D eigenvalue weighted by Gasteiger charge is -2.16. The second-order valence-electron chi connectivity index (χ2n) is 5.50. The van der Waals surface area contributed by atoms with E-state index in [1.807, 2.05) is 0 Å². The molecule has 2 aliphatic carbocycles. The number of hydrogen-bond donors (Lipinski definition) is 3. The summed E-state index contributed by atoms with van der Waals surface area (Å²) in [5.74, 6) is -0.286. The number of carbonyl (C=O) groups excluding carboxylic acids is 1. The minimum absolute atomic E-state index is 0.0921. The van der Waals surface area contributed by atoms with Gasteiger partial charge in [0, 0.05) is 12.6 Å². The van der Waals surface area contributed by atoms with Gasteiger partial charge in [0.1, 0.15) is 0 Å². The summed E-state index contributed by atoms with van der Waals surface area (Å²) in [6.45, 7) is 2.60. The number of hydrogen-bond acceptors (Lipinski definition) is 2. The molecule has 4 unspecified atom stereocenters. The van der Waals surface area contributed by atoms with Crippen LogP contribution in [-0.4, -0.2) is 29.7 Å². The molecule has 0 radical (unpaired) electrons. The number of rotatable bonds is 5. The normalized spacial score (nSPS) is 34.1. The van der Waals surface area contributed by atoms with Gasteiger partial charge in [0.25, 0.3) is 0 Å². The molecule has 5 nitrogen and oxygen atoms in total. The van der Waals surface area contributed by atoms with Crippen molar-refractivity contribution in [1.82, 2.24) is 10.6 Å². The molecular weight excluding hydrogens is 232 g/mol. The molecule has 4 atom stereocenters. The smallest absolute Gasteiger partial charge is 0.315 e. The summed E-state index contributed by atoms with van der Waals surface area (Å²) in [5.41, 5.74) is 0. The van der Waals surface area contributed by atoms with Gasteiger partial charge in [-0.25, -0.2) is 4.79 Å². The van der Waals surface area contributed by atoms with Crippen molar-refractivity contribution in [3.63, 3.8) is 0 Å². The SMILES string of the molecule is CCC1CC1NC(=O)NCC1CCCC1C(=O)O. The van der Waals surface area contributed by atoms with Gasteiger partial charge < -0.3 is 15.7 Å². The molecule has 2 rings (SSSR count). The highest BCUT2D eigenvalue weighted by atomic mass is 16.4. The van der Waals surface area contributed by atoms with Gasteiger partial charge in [-0.15, -0.1) is 0 Å². The predicted octanol–water partition coefficient (Wildman–Crippen LogP) is 1.59. The summed E-state index contributed by atoms with van der Waals surface area (Å²) in [4.78, 5) is 22.6. The molecule has 0 aliphatic heterocycles. The lowest BCUT2D eigenvalue weighted by Crippen LogP contribution is -2.41. The zero-order valence-corrected chi connectivity index (χ0v) is 10.8. The highest BCUT2D eigenvalue weighted by Gasteiger charge is 2.37. The number of carboxylic acids is 1. The Kier molecular flexibility index (Phi) is 4.09. The Bertz CT molecular complexity index is 332. The summed E-state index contributed by atoms with van der Waals surface area (Å²) in [6, 6.07) is 0.181. The van der Waals surface area contributed by atoms with E-state index in [9.17, 15) is 9.59 Å². The fourth-order valence-electron chi connectivity index (χ4n) is 2.93. The average Bonchev–Trinajstić information content (AvgIpc) is 2.90. The van der Waals surface area contributed by atoms with Gasteiger partial charge in [-0.1, -0.05) is 19.8 Å². The number of urea groups is 1. The lowest BCUT2D eigenvalue weighted by atomic mass is 9.96. The summed E-state index contributed by atoms with van der Waals surface area (Å²) in [5, 5.41) is 14.8. The summed E-state index contributed by atoms with van der Waals surface area (Å²) < 4.78 is 0. The minimum atomic E-state index is -0.729. The zero-order chi connectivity index (χ0) is 13.1. The van der Waals surface area contributed by atoms with Crippen LogP contribution in [0.15, 0.2) is 0 Å². The first kappa shape index (κ1) is 13.2. The van der Waals surface area contributed by atoms with E-state index in [2.05, 4.69) is 17.6 Å². The number of nitrogens with one attached hydrogen (secondary N) is 2. The Morgan fingerprint density at radius 2 is 2.06 bits per heavy atom. The van der Waals surface area contributed by atoms with Crippen molar-refractivity contribution in [3.05, 3.63) is 0 Å². The van der Waals surface area contributed by atoms with Crippen LogP contribution in [0.25, 0.3) is 0 Å². The first-order valence-corrected chi connectivity index (χ1v) is 6.89. The second kappa shape index (κ2) is 5.59. The fourth-order valence-corrected chi connectivity index (χ4v) is 2.93. The number of amides is 2. The fraction of sp³-hybridized carbons (Fsp3) is 0.846. The maximum Gasteiger partial charge on any atom is 0.315 e. The van der Waals surface area contributed by atoms with Gasteiger partial charge in [-0.2, -0.15) is 0 Å². The van der Waals surface area contributed by atoms with Crippen molar-refractivity contribution < 1.29 is 14.7 Å². The van der Waals surface area contributed by atoms with Crippen molar-refractivity contribution in [2.24, 2.45) is 17.8 Å². The lowest BCUT2D eigenvalue weighted by molar-refractivity contribution is -0.142. The summed E-state index contributed by atoms with van der Waals surface area (Å²) in [7, 11) is 0. The molecule has 2 amide bonds. The van der Waals surface area contributed by atoms with Gasteiger partial charge in [-0.05, 0) is 31.1 Å². The minimum Gasteiger partial charge on any atom is -0.481 e. The van der Waals surface area contributed by atoms with Gasteiger partial charge >= 0.3 is 12.0 Å². The standard InChI is InChI=1S/C13H22N2O3/c1-2-8-6-11(8)15-13(18)14-7-9-4-3-5-10(9)12(16)17/h8-11H,2-7H2,1H3,(H,16,17)(H2,14,15,18). The van der Waals surface area contributed by atoms with Crippen LogP contribution >= 0.6 is 0 Å². The van der Waals surface area contributed by atoms with Crippen molar-refractivity contribution in [2.75, 3.05) is 6.54 Å². The maximum absolute atomic E-state index is 11.6. The molecule has 18 heavy (non-hydrogen) atoms. The van der Waals surface area contributed by atoms with E-state index in [1.165, 1.54) is 0 Å². The second-order valence-corrected chi connectivity index (χ2v) is 5.50. The van der Waals surface area contributed by atoms with E-state index in [0.717, 1.165) is 32.1 Å². The molecule has 2 fully saturated rings. The molecule has 0 spiro atoms. The molecule has 0 aromatic carbocycles. The third kappa shape index (κ3) is 3.15. The first-order valence-electron chi connectivity index (χ1n) is 6.89. The van der Waals surface area contributed by atoms with Crippen molar-refractivity contribution in [3.8, 4) is 0 Å². The van der Waals surface area contributed by atoms with E-state index in [1.54, 1.807) is 0 Å². The van der Waals surface area contributed by atoms with E-state index in [-0.39, 0.29) is 17.9 Å². The predicted molar refractivity (Wildman–Crippen MR) is 67.2 cm³/mol. The van der Waals surface area contributed by atoms with Gasteiger partial charge in [0.15, 0.2) is 0 Å². The molecular formula is C13H22N2O3. The topological polar surface area (TPSA) is 78.4 Å². The molecule has 0 bridgehead atoms. The van der Waals surface area contributed by atoms with Crippen molar-refractivity contribution in [1.29, 1.82) is 0 Å². The summed E-state index contributed by atoms with van der Waals surface area (Å²) >= 11 is 0. The van der Waals surface area contributed by atoms with Crippen LogP contribution in [0.1, 0.15) is 39.0 Å². The van der Waals surface area contributed by atoms with Crippen LogP contribution in [0.3, 0.4) is 0 Å². The van der Waals surface area contributed by atoms with Crippen molar-refractivity contribution in [2.45, 2.75) is 45.1 Å². The van der Waals surface area contributed by atoms with E-state index < -0.39 is 5.97 Å². The van der Waals surface area contributed by atoms with Gasteiger partial charge in [0.2, 0.25) is 0 Å². The monoisotopic (exact) mass is 254 g/mol. The van der Waals surface area contributed by atoms with Crippen LogP contribution in [0.5, 0.6) is 0 Å². The average molecular weight is 254 g/mol. The molecule has 2 saturated carbocycles.